The van der Waals surface area contributed by atoms with Crippen LogP contribution in [0.5, 0.6) is 0 Å². The standard InChI is InChI=1S/C26H27NS2/c1-21-12-14-25(15-13-21)27-26(29-19-16-23-9-4-3-5-10-23)17-18-28-20-24-11-7-6-8-22(24)2/h3-15,17-18H,16,19-20H2,1-2H3. The van der Waals surface area contributed by atoms with Gasteiger partial charge in [0.15, 0.2) is 0 Å². The molecule has 0 saturated carbocycles. The molecule has 0 aromatic heterocycles. The van der Waals surface area contributed by atoms with Crippen molar-refractivity contribution in [1.82, 2.24) is 0 Å². The highest BCUT2D eigenvalue weighted by Gasteiger charge is 2.00. The number of hydrogen-bond acceptors (Lipinski definition) is 3. The zero-order valence-corrected chi connectivity index (χ0v) is 18.7. The van der Waals surface area contributed by atoms with Gasteiger partial charge in [-0.2, -0.15) is 0 Å². The van der Waals surface area contributed by atoms with Gasteiger partial charge in [0, 0.05) is 11.5 Å². The molecular formula is C26H27NS2. The monoisotopic (exact) mass is 417 g/mol. The van der Waals surface area contributed by atoms with E-state index in [4.69, 9.17) is 4.99 Å². The molecule has 29 heavy (non-hydrogen) atoms. The van der Waals surface area contributed by atoms with Crippen molar-refractivity contribution in [2.24, 2.45) is 4.99 Å². The molecule has 0 N–H and O–H groups in total. The number of rotatable bonds is 8. The van der Waals surface area contributed by atoms with Crippen LogP contribution in [-0.2, 0) is 12.2 Å². The second-order valence-electron chi connectivity index (χ2n) is 6.91. The van der Waals surface area contributed by atoms with Crippen molar-refractivity contribution >= 4 is 34.3 Å². The smallest absolute Gasteiger partial charge is 0.0972 e. The highest BCUT2D eigenvalue weighted by Crippen LogP contribution is 2.21. The maximum Gasteiger partial charge on any atom is 0.0972 e. The Labute approximate surface area is 183 Å². The Kier molecular flexibility index (Phi) is 8.66. The summed E-state index contributed by atoms with van der Waals surface area (Å²) >= 11 is 3.63. The van der Waals surface area contributed by atoms with E-state index < -0.39 is 0 Å². The van der Waals surface area contributed by atoms with E-state index in [2.05, 4.69) is 104 Å². The van der Waals surface area contributed by atoms with Gasteiger partial charge in [-0.25, -0.2) is 4.99 Å². The average Bonchev–Trinajstić information content (AvgIpc) is 2.74. The molecule has 3 aromatic rings. The Morgan fingerprint density at radius 1 is 0.862 bits per heavy atom. The molecular weight excluding hydrogens is 390 g/mol. The summed E-state index contributed by atoms with van der Waals surface area (Å²) < 4.78 is 0. The lowest BCUT2D eigenvalue weighted by Crippen LogP contribution is -1.93. The van der Waals surface area contributed by atoms with Crippen molar-refractivity contribution in [3.63, 3.8) is 0 Å². The third-order valence-electron chi connectivity index (χ3n) is 4.56. The first-order chi connectivity index (χ1) is 14.2. The Bertz CT molecular complexity index is 944. The van der Waals surface area contributed by atoms with Crippen LogP contribution in [0.25, 0.3) is 0 Å². The summed E-state index contributed by atoms with van der Waals surface area (Å²) in [6, 6.07) is 27.6. The maximum absolute atomic E-state index is 4.87. The largest absolute Gasteiger partial charge is 0.242 e. The van der Waals surface area contributed by atoms with Crippen LogP contribution in [0.15, 0.2) is 95.3 Å². The number of hydrogen-bond donors (Lipinski definition) is 0. The Morgan fingerprint density at radius 3 is 2.34 bits per heavy atom. The summed E-state index contributed by atoms with van der Waals surface area (Å²) in [5, 5.41) is 3.23. The van der Waals surface area contributed by atoms with Crippen molar-refractivity contribution in [2.45, 2.75) is 26.0 Å². The highest BCUT2D eigenvalue weighted by molar-refractivity contribution is 8.14. The topological polar surface area (TPSA) is 12.4 Å². The van der Waals surface area contributed by atoms with E-state index in [1.807, 2.05) is 23.5 Å². The van der Waals surface area contributed by atoms with Gasteiger partial charge in [-0.1, -0.05) is 72.3 Å². The van der Waals surface area contributed by atoms with E-state index in [-0.39, 0.29) is 0 Å². The quantitative estimate of drug-likeness (QED) is 0.274. The van der Waals surface area contributed by atoms with Crippen molar-refractivity contribution in [3.05, 3.63) is 113 Å². The zero-order valence-electron chi connectivity index (χ0n) is 17.0. The summed E-state index contributed by atoms with van der Waals surface area (Å²) in [5.74, 6) is 2.00. The third kappa shape index (κ3) is 7.60. The van der Waals surface area contributed by atoms with Crippen LogP contribution in [0, 0.1) is 13.8 Å². The van der Waals surface area contributed by atoms with Gasteiger partial charge in [0.05, 0.1) is 10.7 Å². The molecule has 0 bridgehead atoms. The lowest BCUT2D eigenvalue weighted by Gasteiger charge is -2.05. The first-order valence-electron chi connectivity index (χ1n) is 9.85. The molecule has 0 radical (unpaired) electrons. The molecule has 0 atom stereocenters. The number of nitrogens with zero attached hydrogens (tertiary/aromatic N) is 1. The molecule has 0 amide bonds. The van der Waals surface area contributed by atoms with E-state index in [1.54, 1.807) is 0 Å². The average molecular weight is 418 g/mol. The van der Waals surface area contributed by atoms with Gasteiger partial charge >= 0.3 is 0 Å². The molecule has 0 unspecified atom stereocenters. The molecule has 148 valence electrons. The van der Waals surface area contributed by atoms with Gasteiger partial charge < -0.3 is 0 Å². The summed E-state index contributed by atoms with van der Waals surface area (Å²) in [7, 11) is 0. The fourth-order valence-electron chi connectivity index (χ4n) is 2.80. The minimum absolute atomic E-state index is 0.982. The Balaban J connectivity index is 1.63. The fourth-order valence-corrected chi connectivity index (χ4v) is 4.59. The van der Waals surface area contributed by atoms with E-state index in [0.717, 1.165) is 28.7 Å². The van der Waals surface area contributed by atoms with Crippen molar-refractivity contribution < 1.29 is 0 Å². The first kappa shape index (κ1) is 21.5. The Hall–Kier alpha value is -2.23. The van der Waals surface area contributed by atoms with Crippen molar-refractivity contribution in [2.75, 3.05) is 5.75 Å². The molecule has 0 spiro atoms. The molecule has 0 aliphatic carbocycles. The van der Waals surface area contributed by atoms with Crippen molar-refractivity contribution in [1.29, 1.82) is 0 Å². The normalized spacial score (nSPS) is 11.9. The number of aliphatic imine (C=N–C) groups is 1. The van der Waals surface area contributed by atoms with Crippen LogP contribution in [0.4, 0.5) is 5.69 Å². The van der Waals surface area contributed by atoms with Gasteiger partial charge in [-0.15, -0.1) is 23.5 Å². The minimum Gasteiger partial charge on any atom is -0.242 e. The number of aryl methyl sites for hydroxylation is 3. The van der Waals surface area contributed by atoms with Gasteiger partial charge in [-0.05, 0) is 60.6 Å². The van der Waals surface area contributed by atoms with Gasteiger partial charge in [0.2, 0.25) is 0 Å². The van der Waals surface area contributed by atoms with E-state index >= 15 is 0 Å². The van der Waals surface area contributed by atoms with Gasteiger partial charge in [0.1, 0.15) is 0 Å². The molecule has 3 rings (SSSR count). The zero-order chi connectivity index (χ0) is 20.3. The predicted molar refractivity (Wildman–Crippen MR) is 132 cm³/mol. The summed E-state index contributed by atoms with van der Waals surface area (Å²) in [6.07, 6.45) is 3.20. The Morgan fingerprint density at radius 2 is 1.59 bits per heavy atom. The predicted octanol–water partition coefficient (Wildman–Crippen LogP) is 7.76. The van der Waals surface area contributed by atoms with Crippen molar-refractivity contribution in [3.8, 4) is 0 Å². The molecule has 0 fully saturated rings. The molecule has 0 saturated heterocycles. The van der Waals surface area contributed by atoms with Gasteiger partial charge in [0.25, 0.3) is 0 Å². The van der Waals surface area contributed by atoms with Crippen LogP contribution in [-0.4, -0.2) is 10.8 Å². The first-order valence-corrected chi connectivity index (χ1v) is 11.9. The molecule has 0 aliphatic heterocycles. The summed E-state index contributed by atoms with van der Waals surface area (Å²) in [4.78, 5) is 4.87. The van der Waals surface area contributed by atoms with Crippen LogP contribution in [0.1, 0.15) is 22.3 Å². The number of thioether (sulfide) groups is 2. The molecule has 1 nitrogen and oxygen atoms in total. The summed E-state index contributed by atoms with van der Waals surface area (Å²) in [5.41, 5.74) is 6.36. The SMILES string of the molecule is Cc1ccc(N=C(C=CSCc2ccccc2C)SCCc2ccccc2)cc1. The lowest BCUT2D eigenvalue weighted by molar-refractivity contribution is 1.16. The van der Waals surface area contributed by atoms with E-state index in [9.17, 15) is 0 Å². The van der Waals surface area contributed by atoms with Crippen LogP contribution in [0.2, 0.25) is 0 Å². The van der Waals surface area contributed by atoms with Crippen LogP contribution >= 0.6 is 23.5 Å². The molecule has 0 heterocycles. The highest BCUT2D eigenvalue weighted by atomic mass is 32.2. The van der Waals surface area contributed by atoms with Crippen LogP contribution in [0.3, 0.4) is 0 Å². The number of benzene rings is 3. The molecule has 3 heteroatoms. The second-order valence-corrected chi connectivity index (χ2v) is 8.92. The van der Waals surface area contributed by atoms with Crippen LogP contribution < -0.4 is 0 Å². The second kappa shape index (κ2) is 11.7. The summed E-state index contributed by atoms with van der Waals surface area (Å²) in [6.45, 7) is 4.27. The molecule has 0 aliphatic rings. The van der Waals surface area contributed by atoms with E-state index in [1.165, 1.54) is 22.3 Å². The fraction of sp³-hybridized carbons (Fsp3) is 0.192. The van der Waals surface area contributed by atoms with E-state index in [0.29, 0.717) is 0 Å². The van der Waals surface area contributed by atoms with Gasteiger partial charge in [-0.3, -0.25) is 0 Å². The lowest BCUT2D eigenvalue weighted by atomic mass is 10.1. The minimum atomic E-state index is 0.982. The molecule has 3 aromatic carbocycles. The maximum atomic E-state index is 4.87. The third-order valence-corrected chi connectivity index (χ3v) is 6.30.